The maximum atomic E-state index is 11.1. The summed E-state index contributed by atoms with van der Waals surface area (Å²) < 4.78 is 56.1. The Labute approximate surface area is 129 Å². The molecule has 1 amide bonds. The van der Waals surface area contributed by atoms with Gasteiger partial charge >= 0.3 is 88.3 Å². The Bertz CT molecular complexity index is 657. The molecule has 0 aliphatic rings. The molecule has 0 aliphatic carbocycles. The van der Waals surface area contributed by atoms with Crippen molar-refractivity contribution in [3.05, 3.63) is 24.3 Å². The van der Waals surface area contributed by atoms with Gasteiger partial charge in [-0.15, -0.1) is 0 Å². The van der Waals surface area contributed by atoms with Crippen molar-refractivity contribution < 1.29 is 34.9 Å². The molecule has 0 bridgehead atoms. The minimum absolute atomic E-state index is 0.0289. The van der Waals surface area contributed by atoms with Crippen molar-refractivity contribution in [1.82, 2.24) is 0 Å². The molecule has 22 heavy (non-hydrogen) atoms. The first-order chi connectivity index (χ1) is 9.90. The maximum Gasteiger partial charge on any atom is 0.266 e. The van der Waals surface area contributed by atoms with Gasteiger partial charge in [0.05, 0.1) is 5.75 Å². The van der Waals surface area contributed by atoms with Gasteiger partial charge in [0.15, 0.2) is 0 Å². The van der Waals surface area contributed by atoms with Crippen molar-refractivity contribution in [1.29, 1.82) is 0 Å². The van der Waals surface area contributed by atoms with Crippen LogP contribution in [0.5, 0.6) is 0 Å². The van der Waals surface area contributed by atoms with Crippen molar-refractivity contribution in [2.45, 2.75) is 6.92 Å². The molecule has 0 fully saturated rings. The Morgan fingerprint density at radius 2 is 1.82 bits per heavy atom. The minimum Gasteiger partial charge on any atom is -0.329 e. The zero-order valence-electron chi connectivity index (χ0n) is 11.5. The third kappa shape index (κ3) is 7.71. The van der Waals surface area contributed by atoms with E-state index in [0.29, 0.717) is 0 Å². The number of benzene rings is 1. The molecule has 0 heterocycles. The first-order valence-electron chi connectivity index (χ1n) is 5.70. The summed E-state index contributed by atoms with van der Waals surface area (Å²) in [4.78, 5) is 10.9. The molecule has 10 nitrogen and oxygen atoms in total. The summed E-state index contributed by atoms with van der Waals surface area (Å²) in [6, 6.07) is 5.34. The fourth-order valence-electron chi connectivity index (χ4n) is 1.21. The standard InChI is InChI=1S/C8H10AsNO5.C2H7NO3S/c1-6(11)10(15)8-5-3-2-4-7(8)9(12,13)14;3-1-2-7(4,5)6/h2-5,15H,1H3,(H2,12,13,14);1-3H2,(H,4,5,6). The summed E-state index contributed by atoms with van der Waals surface area (Å²) in [5.74, 6) is -1.07. The summed E-state index contributed by atoms with van der Waals surface area (Å²) in [5.41, 5.74) is 4.59. The SMILES string of the molecule is CC(=O)N(O)c1ccccc1[As](=O)(O)O.NCCS(=O)(=O)O. The molecule has 0 atom stereocenters. The van der Waals surface area contributed by atoms with E-state index < -0.39 is 30.2 Å². The summed E-state index contributed by atoms with van der Waals surface area (Å²) >= 11 is -5.13. The number of hydrogen-bond donors (Lipinski definition) is 5. The quantitative estimate of drug-likeness (QED) is 0.163. The third-order valence-corrected chi connectivity index (χ3v) is 4.96. The van der Waals surface area contributed by atoms with E-state index in [4.69, 9.17) is 18.5 Å². The van der Waals surface area contributed by atoms with Gasteiger partial charge < -0.3 is 5.73 Å². The molecule has 6 N–H and O–H groups in total. The van der Waals surface area contributed by atoms with Crippen molar-refractivity contribution >= 4 is 40.2 Å². The smallest absolute Gasteiger partial charge is 0.266 e. The number of para-hydroxylation sites is 1. The van der Waals surface area contributed by atoms with Crippen LogP contribution in [-0.4, -0.2) is 58.7 Å². The molecule has 0 saturated heterocycles. The number of amides is 1. The van der Waals surface area contributed by atoms with Crippen LogP contribution >= 0.6 is 0 Å². The average Bonchev–Trinajstić information content (AvgIpc) is 2.36. The van der Waals surface area contributed by atoms with E-state index in [1.165, 1.54) is 24.3 Å². The van der Waals surface area contributed by atoms with Gasteiger partial charge in [-0.05, 0) is 0 Å². The van der Waals surface area contributed by atoms with Gasteiger partial charge in [0.25, 0.3) is 10.1 Å². The van der Waals surface area contributed by atoms with E-state index in [2.05, 4.69) is 0 Å². The molecule has 0 spiro atoms. The van der Waals surface area contributed by atoms with E-state index in [0.717, 1.165) is 6.92 Å². The van der Waals surface area contributed by atoms with Crippen molar-refractivity contribution in [2.24, 2.45) is 5.73 Å². The summed E-state index contributed by atoms with van der Waals surface area (Å²) in [7, 11) is -3.80. The Morgan fingerprint density at radius 3 is 2.14 bits per heavy atom. The fraction of sp³-hybridized carbons (Fsp3) is 0.300. The molecule has 12 heteroatoms. The first kappa shape index (κ1) is 20.8. The molecular weight excluding hydrogens is 383 g/mol. The topological polar surface area (TPSA) is 178 Å². The van der Waals surface area contributed by atoms with Crippen LogP contribution in [0.1, 0.15) is 6.92 Å². The number of nitrogens with two attached hydrogens (primary N) is 1. The molecule has 0 saturated carbocycles. The zero-order chi connectivity index (χ0) is 17.6. The van der Waals surface area contributed by atoms with E-state index in [1.807, 2.05) is 0 Å². The van der Waals surface area contributed by atoms with Crippen LogP contribution in [-0.2, 0) is 18.7 Å². The van der Waals surface area contributed by atoms with Crippen molar-refractivity contribution in [2.75, 3.05) is 17.4 Å². The molecule has 0 aromatic heterocycles. The molecule has 126 valence electrons. The number of hydroxylamine groups is 1. The van der Waals surface area contributed by atoms with Crippen molar-refractivity contribution in [3.8, 4) is 0 Å². The number of nitrogens with zero attached hydrogens (tertiary/aromatic N) is 1. The Morgan fingerprint density at radius 1 is 1.32 bits per heavy atom. The molecule has 1 aromatic carbocycles. The van der Waals surface area contributed by atoms with Crippen LogP contribution in [0.3, 0.4) is 0 Å². The predicted molar refractivity (Wildman–Crippen MR) is 77.4 cm³/mol. The van der Waals surface area contributed by atoms with Gasteiger partial charge in [0.2, 0.25) is 0 Å². The molecular formula is C10H17AsN2O8S. The van der Waals surface area contributed by atoms with Gasteiger partial charge in [-0.3, -0.25) is 4.55 Å². The van der Waals surface area contributed by atoms with Crippen LogP contribution < -0.4 is 15.1 Å². The van der Waals surface area contributed by atoms with Gasteiger partial charge in [0, 0.05) is 6.54 Å². The van der Waals surface area contributed by atoms with Crippen LogP contribution in [0.25, 0.3) is 0 Å². The second-order valence-corrected chi connectivity index (χ2v) is 8.80. The Kier molecular flexibility index (Phi) is 7.98. The van der Waals surface area contributed by atoms with Gasteiger partial charge in [-0.25, -0.2) is 0 Å². The fourth-order valence-corrected chi connectivity index (χ4v) is 3.08. The summed E-state index contributed by atoms with van der Waals surface area (Å²) in [6.45, 7) is 1.06. The molecule has 0 aliphatic heterocycles. The minimum atomic E-state index is -5.13. The van der Waals surface area contributed by atoms with E-state index in [1.54, 1.807) is 0 Å². The van der Waals surface area contributed by atoms with Crippen LogP contribution in [0.4, 0.5) is 5.69 Å². The van der Waals surface area contributed by atoms with Gasteiger partial charge in [0.1, 0.15) is 0 Å². The Balaban J connectivity index is 0.000000534. The second-order valence-electron chi connectivity index (χ2n) is 3.94. The first-order valence-corrected chi connectivity index (χ1v) is 10.7. The molecule has 0 radical (unpaired) electrons. The number of carbonyl (C=O) groups excluding carboxylic acids is 1. The average molecular weight is 400 g/mol. The van der Waals surface area contributed by atoms with Crippen LogP contribution in [0.2, 0.25) is 0 Å². The Hall–Kier alpha value is -1.20. The van der Waals surface area contributed by atoms with Crippen molar-refractivity contribution in [3.63, 3.8) is 0 Å². The molecule has 0 unspecified atom stereocenters. The van der Waals surface area contributed by atoms with Gasteiger partial charge in [-0.2, -0.15) is 8.42 Å². The third-order valence-electron chi connectivity index (χ3n) is 2.10. The van der Waals surface area contributed by atoms with Gasteiger partial charge in [-0.1, -0.05) is 0 Å². The monoisotopic (exact) mass is 400 g/mol. The van der Waals surface area contributed by atoms with Crippen LogP contribution in [0.15, 0.2) is 24.3 Å². The maximum absolute atomic E-state index is 11.1. The number of rotatable bonds is 4. The largest absolute Gasteiger partial charge is 0.329 e. The number of anilines is 1. The second kappa shape index (κ2) is 8.44. The summed E-state index contributed by atoms with van der Waals surface area (Å²) in [6.07, 6.45) is 0. The molecule has 1 rings (SSSR count). The van der Waals surface area contributed by atoms with E-state index in [9.17, 15) is 22.2 Å². The molecule has 1 aromatic rings. The zero-order valence-corrected chi connectivity index (χ0v) is 14.2. The number of carbonyl (C=O) groups is 1. The van der Waals surface area contributed by atoms with E-state index >= 15 is 0 Å². The summed E-state index contributed by atoms with van der Waals surface area (Å²) in [5, 5.41) is 9.51. The number of hydrogen-bond acceptors (Lipinski definition) is 6. The van der Waals surface area contributed by atoms with E-state index in [-0.39, 0.29) is 27.4 Å². The van der Waals surface area contributed by atoms with Crippen LogP contribution in [0, 0.1) is 0 Å². The normalized spacial score (nSPS) is 11.4. The predicted octanol–water partition coefficient (Wildman–Crippen LogP) is -2.18.